The first-order valence-electron chi connectivity index (χ1n) is 5.65. The van der Waals surface area contributed by atoms with Crippen molar-refractivity contribution in [3.63, 3.8) is 0 Å². The van der Waals surface area contributed by atoms with Crippen LogP contribution in [0.3, 0.4) is 0 Å². The van der Waals surface area contributed by atoms with Crippen LogP contribution in [0.25, 0.3) is 0 Å². The third-order valence-corrected chi connectivity index (χ3v) is 2.48. The van der Waals surface area contributed by atoms with Crippen LogP contribution in [0.15, 0.2) is 24.4 Å². The summed E-state index contributed by atoms with van der Waals surface area (Å²) in [6, 6.07) is 5.18. The second-order valence-electron chi connectivity index (χ2n) is 4.08. The number of rotatable bonds is 3. The highest BCUT2D eigenvalue weighted by Crippen LogP contribution is 2.22. The van der Waals surface area contributed by atoms with Gasteiger partial charge in [-0.05, 0) is 30.7 Å². The lowest BCUT2D eigenvalue weighted by Gasteiger charge is -2.08. The van der Waals surface area contributed by atoms with E-state index in [9.17, 15) is 13.2 Å². The van der Waals surface area contributed by atoms with Crippen molar-refractivity contribution in [1.82, 2.24) is 9.97 Å². The molecule has 2 aromatic rings. The van der Waals surface area contributed by atoms with Gasteiger partial charge in [-0.3, -0.25) is 0 Å². The predicted octanol–water partition coefficient (Wildman–Crippen LogP) is 3.59. The first kappa shape index (κ1) is 13.9. The number of nitrogens with one attached hydrogen (secondary N) is 1. The van der Waals surface area contributed by atoms with E-state index in [1.165, 1.54) is 0 Å². The molecule has 0 bridgehead atoms. The number of anilines is 2. The normalized spacial score (nSPS) is 10.4. The molecule has 3 nitrogen and oxygen atoms in total. The average Bonchev–Trinajstić information content (AvgIpc) is 2.40. The molecule has 0 aliphatic heterocycles. The van der Waals surface area contributed by atoms with Crippen molar-refractivity contribution in [2.24, 2.45) is 0 Å². The highest BCUT2D eigenvalue weighted by atomic mass is 19.3. The smallest absolute Gasteiger partial charge is 0.283 e. The van der Waals surface area contributed by atoms with E-state index in [4.69, 9.17) is 6.42 Å². The number of aromatic nitrogens is 2. The van der Waals surface area contributed by atoms with Crippen molar-refractivity contribution in [3.8, 4) is 12.3 Å². The predicted molar refractivity (Wildman–Crippen MR) is 69.3 cm³/mol. The molecule has 0 unspecified atom stereocenters. The Morgan fingerprint density at radius 2 is 2.05 bits per heavy atom. The van der Waals surface area contributed by atoms with Crippen molar-refractivity contribution in [2.75, 3.05) is 5.32 Å². The summed E-state index contributed by atoms with van der Waals surface area (Å²) in [5, 5.41) is 2.72. The third-order valence-electron chi connectivity index (χ3n) is 2.48. The molecule has 1 heterocycles. The molecule has 20 heavy (non-hydrogen) atoms. The number of halogens is 3. The fourth-order valence-electron chi connectivity index (χ4n) is 1.66. The van der Waals surface area contributed by atoms with Crippen LogP contribution in [0.4, 0.5) is 24.8 Å². The van der Waals surface area contributed by atoms with Gasteiger partial charge in [-0.1, -0.05) is 5.92 Å². The molecule has 0 aliphatic carbocycles. The number of benzene rings is 1. The Morgan fingerprint density at radius 3 is 2.70 bits per heavy atom. The first-order valence-corrected chi connectivity index (χ1v) is 5.65. The summed E-state index contributed by atoms with van der Waals surface area (Å²) in [5.41, 5.74) is 1.12. The maximum atomic E-state index is 13.1. The number of hydrogen-bond acceptors (Lipinski definition) is 3. The molecule has 0 atom stereocenters. The van der Waals surface area contributed by atoms with E-state index in [0.717, 1.165) is 5.56 Å². The zero-order valence-electron chi connectivity index (χ0n) is 10.5. The zero-order chi connectivity index (χ0) is 14.7. The molecule has 2 rings (SSSR count). The van der Waals surface area contributed by atoms with Gasteiger partial charge in [0.05, 0.1) is 6.20 Å². The quantitative estimate of drug-likeness (QED) is 0.871. The maximum Gasteiger partial charge on any atom is 0.283 e. The van der Waals surface area contributed by atoms with E-state index < -0.39 is 17.9 Å². The Labute approximate surface area is 113 Å². The molecular weight excluding hydrogens is 267 g/mol. The Hall–Kier alpha value is -2.55. The molecule has 1 aromatic heterocycles. The van der Waals surface area contributed by atoms with Gasteiger partial charge in [-0.25, -0.2) is 23.1 Å². The highest BCUT2D eigenvalue weighted by molar-refractivity contribution is 5.58. The summed E-state index contributed by atoms with van der Waals surface area (Å²) in [6.45, 7) is 1.84. The van der Waals surface area contributed by atoms with E-state index >= 15 is 0 Å². The van der Waals surface area contributed by atoms with E-state index in [1.54, 1.807) is 18.2 Å². The Balaban J connectivity index is 2.33. The number of hydrogen-bond donors (Lipinski definition) is 1. The second-order valence-corrected chi connectivity index (χ2v) is 4.08. The van der Waals surface area contributed by atoms with E-state index in [0.29, 0.717) is 17.4 Å². The Kier molecular flexibility index (Phi) is 3.89. The van der Waals surface area contributed by atoms with Crippen LogP contribution in [-0.2, 0) is 0 Å². The molecule has 0 aliphatic rings. The van der Waals surface area contributed by atoms with Gasteiger partial charge in [0.25, 0.3) is 6.43 Å². The highest BCUT2D eigenvalue weighted by Gasteiger charge is 2.16. The summed E-state index contributed by atoms with van der Waals surface area (Å²) in [4.78, 5) is 7.07. The van der Waals surface area contributed by atoms with Crippen molar-refractivity contribution >= 4 is 11.6 Å². The molecule has 0 spiro atoms. The summed E-state index contributed by atoms with van der Waals surface area (Å²) >= 11 is 0. The van der Waals surface area contributed by atoms with Crippen molar-refractivity contribution in [3.05, 3.63) is 47.0 Å². The van der Waals surface area contributed by atoms with Gasteiger partial charge in [-0.15, -0.1) is 6.42 Å². The molecule has 1 aromatic carbocycles. The average molecular weight is 277 g/mol. The van der Waals surface area contributed by atoms with Gasteiger partial charge in [0.2, 0.25) is 5.95 Å². The number of alkyl halides is 2. The van der Waals surface area contributed by atoms with Gasteiger partial charge in [0, 0.05) is 11.3 Å². The first-order chi connectivity index (χ1) is 9.49. The SMILES string of the molecule is C#Cc1cc(C)cc(Nc2ncc(F)c(C(F)F)n2)c1. The monoisotopic (exact) mass is 277 g/mol. The molecular formula is C14H10F3N3. The standard InChI is InChI=1S/C14H10F3N3/c1-3-9-4-8(2)5-10(6-9)19-14-18-7-11(15)12(20-14)13(16)17/h1,4-7,13H,2H3,(H,18,19,20). The summed E-state index contributed by atoms with van der Waals surface area (Å²) < 4.78 is 38.2. The number of aryl methyl sites for hydroxylation is 1. The topological polar surface area (TPSA) is 37.8 Å². The molecule has 6 heteroatoms. The zero-order valence-corrected chi connectivity index (χ0v) is 10.5. The van der Waals surface area contributed by atoms with Crippen molar-refractivity contribution < 1.29 is 13.2 Å². The van der Waals surface area contributed by atoms with Gasteiger partial charge in [0.15, 0.2) is 5.82 Å². The van der Waals surface area contributed by atoms with E-state index in [-0.39, 0.29) is 5.95 Å². The number of nitrogens with zero attached hydrogens (tertiary/aromatic N) is 2. The van der Waals surface area contributed by atoms with Crippen LogP contribution in [-0.4, -0.2) is 9.97 Å². The lowest BCUT2D eigenvalue weighted by molar-refractivity contribution is 0.140. The summed E-state index contributed by atoms with van der Waals surface area (Å²) in [6.07, 6.45) is 3.01. The lowest BCUT2D eigenvalue weighted by Crippen LogP contribution is -2.03. The molecule has 0 radical (unpaired) electrons. The minimum absolute atomic E-state index is 0.115. The molecule has 1 N–H and O–H groups in total. The second kappa shape index (κ2) is 5.61. The molecule has 0 amide bonds. The fraction of sp³-hybridized carbons (Fsp3) is 0.143. The fourth-order valence-corrected chi connectivity index (χ4v) is 1.66. The van der Waals surface area contributed by atoms with E-state index in [2.05, 4.69) is 21.2 Å². The Morgan fingerprint density at radius 1 is 1.30 bits per heavy atom. The lowest BCUT2D eigenvalue weighted by atomic mass is 10.1. The van der Waals surface area contributed by atoms with Crippen LogP contribution in [0.1, 0.15) is 23.2 Å². The summed E-state index contributed by atoms with van der Waals surface area (Å²) in [5.74, 6) is 1.22. The van der Waals surface area contributed by atoms with Gasteiger partial charge in [-0.2, -0.15) is 0 Å². The van der Waals surface area contributed by atoms with E-state index in [1.807, 2.05) is 6.92 Å². The van der Waals surface area contributed by atoms with Crippen LogP contribution in [0.5, 0.6) is 0 Å². The maximum absolute atomic E-state index is 13.1. The van der Waals surface area contributed by atoms with Gasteiger partial charge in [0.1, 0.15) is 5.69 Å². The molecule has 0 saturated carbocycles. The van der Waals surface area contributed by atoms with Crippen molar-refractivity contribution in [1.29, 1.82) is 0 Å². The largest absolute Gasteiger partial charge is 0.324 e. The van der Waals surface area contributed by atoms with Crippen LogP contribution >= 0.6 is 0 Å². The Bertz CT molecular complexity index is 678. The van der Waals surface area contributed by atoms with Crippen molar-refractivity contribution in [2.45, 2.75) is 13.3 Å². The minimum atomic E-state index is -3.00. The molecule has 0 fully saturated rings. The summed E-state index contributed by atoms with van der Waals surface area (Å²) in [7, 11) is 0. The van der Waals surface area contributed by atoms with Crippen LogP contribution in [0.2, 0.25) is 0 Å². The van der Waals surface area contributed by atoms with Gasteiger partial charge >= 0.3 is 0 Å². The third kappa shape index (κ3) is 3.06. The van der Waals surface area contributed by atoms with Crippen LogP contribution in [0, 0.1) is 25.1 Å². The van der Waals surface area contributed by atoms with Gasteiger partial charge < -0.3 is 5.32 Å². The molecule has 0 saturated heterocycles. The molecule has 102 valence electrons. The van der Waals surface area contributed by atoms with Crippen LogP contribution < -0.4 is 5.32 Å². The minimum Gasteiger partial charge on any atom is -0.324 e. The number of terminal acetylenes is 1.